The number of carbonyl (C=O) groups excluding carboxylic acids is 1. The van der Waals surface area contributed by atoms with Crippen molar-refractivity contribution >= 4 is 16.1 Å². The molecule has 0 aliphatic rings. The molecule has 0 saturated carbocycles. The number of benzene rings is 1. The first-order valence-electron chi connectivity index (χ1n) is 7.96. The second kappa shape index (κ2) is 11.2. The van der Waals surface area contributed by atoms with E-state index in [1.807, 2.05) is 20.8 Å². The van der Waals surface area contributed by atoms with Crippen LogP contribution in [0.4, 0.5) is 0 Å². The lowest BCUT2D eigenvalue weighted by Gasteiger charge is -2.17. The number of rotatable bonds is 7. The summed E-state index contributed by atoms with van der Waals surface area (Å²) in [7, 11) is -2.45. The minimum Gasteiger partial charge on any atom is -0.459 e. The van der Waals surface area contributed by atoms with Crippen molar-refractivity contribution in [3.8, 4) is 0 Å². The lowest BCUT2D eigenvalue weighted by atomic mass is 10.1. The summed E-state index contributed by atoms with van der Waals surface area (Å²) < 4.78 is 39.5. The van der Waals surface area contributed by atoms with Gasteiger partial charge in [-0.1, -0.05) is 31.5 Å². The molecule has 0 aromatic heterocycles. The molecular weight excluding hydrogens is 346 g/mol. The largest absolute Gasteiger partial charge is 0.459 e. The van der Waals surface area contributed by atoms with E-state index in [4.69, 9.17) is 19.8 Å². The quantitative estimate of drug-likeness (QED) is 0.554. The zero-order chi connectivity index (χ0) is 19.6. The van der Waals surface area contributed by atoms with Crippen LogP contribution in [-0.4, -0.2) is 44.8 Å². The lowest BCUT2D eigenvalue weighted by molar-refractivity contribution is -0.152. The Labute approximate surface area is 150 Å². The van der Waals surface area contributed by atoms with Crippen molar-refractivity contribution in [2.24, 2.45) is 11.7 Å². The molecule has 1 rings (SSSR count). The molecule has 25 heavy (non-hydrogen) atoms. The molecule has 0 aliphatic carbocycles. The standard InChI is InChI=1S/C10H21NO3.C7H8O3S/c1-7(2)5-9(11)10(12)14-8(3)6-13-4;1-6-2-4-7(5-3-6)11(8,9)10/h7-9H,5-6,11H2,1-4H3;2-5H,1H3,(H,8,9,10). The molecule has 144 valence electrons. The lowest BCUT2D eigenvalue weighted by Crippen LogP contribution is -2.36. The Morgan fingerprint density at radius 3 is 2.12 bits per heavy atom. The van der Waals surface area contributed by atoms with Crippen LogP contribution < -0.4 is 5.73 Å². The second-order valence-electron chi connectivity index (χ2n) is 6.23. The second-order valence-corrected chi connectivity index (χ2v) is 7.65. The van der Waals surface area contributed by atoms with Gasteiger partial charge in [-0.05, 0) is 38.3 Å². The van der Waals surface area contributed by atoms with E-state index < -0.39 is 16.2 Å². The summed E-state index contributed by atoms with van der Waals surface area (Å²) in [6.07, 6.45) is 0.421. The van der Waals surface area contributed by atoms with Crippen LogP contribution in [0.3, 0.4) is 0 Å². The Morgan fingerprint density at radius 2 is 1.72 bits per heavy atom. The van der Waals surface area contributed by atoms with E-state index in [1.165, 1.54) is 12.1 Å². The number of hydrogen-bond acceptors (Lipinski definition) is 6. The van der Waals surface area contributed by atoms with Crippen molar-refractivity contribution in [3.63, 3.8) is 0 Å². The van der Waals surface area contributed by atoms with Crippen molar-refractivity contribution in [2.45, 2.75) is 51.2 Å². The van der Waals surface area contributed by atoms with Crippen molar-refractivity contribution in [3.05, 3.63) is 29.8 Å². The van der Waals surface area contributed by atoms with E-state index in [-0.39, 0.29) is 17.0 Å². The van der Waals surface area contributed by atoms with Crippen molar-refractivity contribution < 1.29 is 27.2 Å². The Morgan fingerprint density at radius 1 is 1.20 bits per heavy atom. The highest BCUT2D eigenvalue weighted by Crippen LogP contribution is 2.08. The third-order valence-corrected chi connectivity index (χ3v) is 3.93. The topological polar surface area (TPSA) is 116 Å². The monoisotopic (exact) mass is 375 g/mol. The minimum atomic E-state index is -4.02. The van der Waals surface area contributed by atoms with Gasteiger partial charge in [-0.25, -0.2) is 0 Å². The molecule has 0 aliphatic heterocycles. The predicted molar refractivity (Wildman–Crippen MR) is 95.9 cm³/mol. The van der Waals surface area contributed by atoms with E-state index in [0.29, 0.717) is 18.9 Å². The average Bonchev–Trinajstić information content (AvgIpc) is 2.46. The van der Waals surface area contributed by atoms with Crippen LogP contribution in [0.25, 0.3) is 0 Å². The maximum absolute atomic E-state index is 11.4. The van der Waals surface area contributed by atoms with Crippen molar-refractivity contribution in [1.82, 2.24) is 0 Å². The molecule has 3 N–H and O–H groups in total. The molecule has 2 unspecified atom stereocenters. The van der Waals surface area contributed by atoms with E-state index >= 15 is 0 Å². The van der Waals surface area contributed by atoms with Crippen LogP contribution >= 0.6 is 0 Å². The normalized spacial score (nSPS) is 13.6. The van der Waals surface area contributed by atoms with Crippen molar-refractivity contribution in [1.29, 1.82) is 0 Å². The number of aryl methyl sites for hydroxylation is 1. The van der Waals surface area contributed by atoms with Crippen LogP contribution in [0.2, 0.25) is 0 Å². The highest BCUT2D eigenvalue weighted by atomic mass is 32.2. The zero-order valence-corrected chi connectivity index (χ0v) is 16.2. The SMILES string of the molecule is COCC(C)OC(=O)C(N)CC(C)C.Cc1ccc(S(=O)(=O)O)cc1. The van der Waals surface area contributed by atoms with Gasteiger partial charge in [0, 0.05) is 7.11 Å². The molecule has 0 bridgehead atoms. The smallest absolute Gasteiger partial charge is 0.323 e. The van der Waals surface area contributed by atoms with E-state index in [9.17, 15) is 13.2 Å². The number of nitrogens with two attached hydrogens (primary N) is 1. The van der Waals surface area contributed by atoms with Gasteiger partial charge < -0.3 is 15.2 Å². The third kappa shape index (κ3) is 10.9. The average molecular weight is 375 g/mol. The Balaban J connectivity index is 0.000000472. The summed E-state index contributed by atoms with van der Waals surface area (Å²) in [5, 5.41) is 0. The fourth-order valence-corrected chi connectivity index (χ4v) is 2.35. The van der Waals surface area contributed by atoms with Gasteiger partial charge in [0.1, 0.15) is 12.1 Å². The fourth-order valence-electron chi connectivity index (χ4n) is 1.87. The molecule has 0 radical (unpaired) electrons. The van der Waals surface area contributed by atoms with Crippen LogP contribution in [0.5, 0.6) is 0 Å². The number of ether oxygens (including phenoxy) is 2. The molecule has 2 atom stereocenters. The van der Waals surface area contributed by atoms with E-state index in [2.05, 4.69) is 0 Å². The Bertz CT molecular complexity index is 613. The molecule has 7 nitrogen and oxygen atoms in total. The number of methoxy groups -OCH3 is 1. The van der Waals surface area contributed by atoms with Gasteiger partial charge in [-0.15, -0.1) is 0 Å². The van der Waals surface area contributed by atoms with E-state index in [1.54, 1.807) is 26.2 Å². The fraction of sp³-hybridized carbons (Fsp3) is 0.588. The summed E-state index contributed by atoms with van der Waals surface area (Å²) in [4.78, 5) is 11.3. The zero-order valence-electron chi connectivity index (χ0n) is 15.4. The van der Waals surface area contributed by atoms with Gasteiger partial charge in [-0.2, -0.15) is 8.42 Å². The third-order valence-electron chi connectivity index (χ3n) is 3.07. The molecule has 0 amide bonds. The molecule has 1 aromatic carbocycles. The van der Waals surface area contributed by atoms with Crippen LogP contribution in [0.1, 0.15) is 32.8 Å². The number of esters is 1. The minimum absolute atomic E-state index is 0.0666. The summed E-state index contributed by atoms with van der Waals surface area (Å²) >= 11 is 0. The first-order valence-corrected chi connectivity index (χ1v) is 9.40. The predicted octanol–water partition coefficient (Wildman–Crippen LogP) is 2.18. The highest BCUT2D eigenvalue weighted by molar-refractivity contribution is 7.85. The molecular formula is C17H29NO6S. The summed E-state index contributed by atoms with van der Waals surface area (Å²) in [5.74, 6) is 0.0542. The summed E-state index contributed by atoms with van der Waals surface area (Å²) in [6, 6.07) is 5.47. The molecule has 8 heteroatoms. The van der Waals surface area contributed by atoms with Gasteiger partial charge in [-0.3, -0.25) is 9.35 Å². The van der Waals surface area contributed by atoms with E-state index in [0.717, 1.165) is 5.56 Å². The Hall–Kier alpha value is -1.48. The maximum Gasteiger partial charge on any atom is 0.323 e. The first-order chi connectivity index (χ1) is 11.5. The van der Waals surface area contributed by atoms with Crippen LogP contribution in [0, 0.1) is 12.8 Å². The number of hydrogen-bond donors (Lipinski definition) is 2. The van der Waals surface area contributed by atoms with Gasteiger partial charge in [0.2, 0.25) is 0 Å². The van der Waals surface area contributed by atoms with Crippen LogP contribution in [0.15, 0.2) is 29.2 Å². The van der Waals surface area contributed by atoms with Gasteiger partial charge in [0.15, 0.2) is 0 Å². The van der Waals surface area contributed by atoms with Crippen LogP contribution in [-0.2, 0) is 24.4 Å². The summed E-state index contributed by atoms with van der Waals surface area (Å²) in [5.41, 5.74) is 6.60. The molecule has 0 fully saturated rings. The molecule has 0 spiro atoms. The summed E-state index contributed by atoms with van der Waals surface area (Å²) in [6.45, 7) is 8.06. The van der Waals surface area contributed by atoms with Gasteiger partial charge in [0.05, 0.1) is 11.5 Å². The van der Waals surface area contributed by atoms with Gasteiger partial charge >= 0.3 is 5.97 Å². The molecule has 1 aromatic rings. The number of carbonyl (C=O) groups is 1. The Kier molecular flexibility index (Phi) is 10.5. The molecule has 0 saturated heterocycles. The first kappa shape index (κ1) is 23.5. The molecule has 0 heterocycles. The highest BCUT2D eigenvalue weighted by Gasteiger charge is 2.18. The van der Waals surface area contributed by atoms with Crippen molar-refractivity contribution in [2.75, 3.05) is 13.7 Å². The maximum atomic E-state index is 11.4. The van der Waals surface area contributed by atoms with Gasteiger partial charge in [0.25, 0.3) is 10.1 Å².